The molecule has 0 aliphatic rings. The summed E-state index contributed by atoms with van der Waals surface area (Å²) in [5.41, 5.74) is 2.83. The Balaban J connectivity index is 2.21. The van der Waals surface area contributed by atoms with E-state index in [2.05, 4.69) is 45.6 Å². The SMILES string of the molecule is CCC(Nc1cccc(C(=O)NC)c1)c1cccc(Br)c1. The molecule has 0 saturated carbocycles. The zero-order valence-electron chi connectivity index (χ0n) is 12.2. The summed E-state index contributed by atoms with van der Waals surface area (Å²) in [7, 11) is 1.64. The van der Waals surface area contributed by atoms with Crippen LogP contribution in [0.5, 0.6) is 0 Å². The molecule has 3 nitrogen and oxygen atoms in total. The molecule has 0 aliphatic heterocycles. The molecule has 1 amide bonds. The van der Waals surface area contributed by atoms with E-state index in [0.717, 1.165) is 16.6 Å². The van der Waals surface area contributed by atoms with Crippen molar-refractivity contribution >= 4 is 27.5 Å². The summed E-state index contributed by atoms with van der Waals surface area (Å²) in [6, 6.07) is 16.0. The van der Waals surface area contributed by atoms with Crippen LogP contribution in [0.1, 0.15) is 35.3 Å². The van der Waals surface area contributed by atoms with Crippen molar-refractivity contribution in [2.24, 2.45) is 0 Å². The van der Waals surface area contributed by atoms with E-state index >= 15 is 0 Å². The zero-order valence-corrected chi connectivity index (χ0v) is 13.8. The van der Waals surface area contributed by atoms with Gasteiger partial charge < -0.3 is 10.6 Å². The van der Waals surface area contributed by atoms with Crippen LogP contribution >= 0.6 is 15.9 Å². The van der Waals surface area contributed by atoms with Crippen molar-refractivity contribution in [1.29, 1.82) is 0 Å². The van der Waals surface area contributed by atoms with Crippen LogP contribution < -0.4 is 10.6 Å². The van der Waals surface area contributed by atoms with Gasteiger partial charge in [-0.3, -0.25) is 4.79 Å². The maximum atomic E-state index is 11.7. The second kappa shape index (κ2) is 7.27. The van der Waals surface area contributed by atoms with E-state index in [0.29, 0.717) is 5.56 Å². The Hall–Kier alpha value is -1.81. The molecule has 0 radical (unpaired) electrons. The van der Waals surface area contributed by atoms with Gasteiger partial charge in [-0.15, -0.1) is 0 Å². The molecule has 2 aromatic rings. The molecule has 0 heterocycles. The van der Waals surface area contributed by atoms with Crippen LogP contribution in [0, 0.1) is 0 Å². The predicted molar refractivity (Wildman–Crippen MR) is 90.6 cm³/mol. The molecule has 21 heavy (non-hydrogen) atoms. The van der Waals surface area contributed by atoms with Crippen molar-refractivity contribution in [2.45, 2.75) is 19.4 Å². The number of nitrogens with one attached hydrogen (secondary N) is 2. The van der Waals surface area contributed by atoms with E-state index in [1.807, 2.05) is 36.4 Å². The molecule has 110 valence electrons. The Morgan fingerprint density at radius 3 is 2.62 bits per heavy atom. The molecular weight excluding hydrogens is 328 g/mol. The van der Waals surface area contributed by atoms with Crippen LogP contribution in [0.3, 0.4) is 0 Å². The lowest BCUT2D eigenvalue weighted by atomic mass is 10.0. The lowest BCUT2D eigenvalue weighted by Gasteiger charge is -2.19. The largest absolute Gasteiger partial charge is 0.378 e. The topological polar surface area (TPSA) is 41.1 Å². The number of rotatable bonds is 5. The van der Waals surface area contributed by atoms with Crippen LogP contribution in [0.4, 0.5) is 5.69 Å². The van der Waals surface area contributed by atoms with Crippen LogP contribution in [0.15, 0.2) is 53.0 Å². The highest BCUT2D eigenvalue weighted by molar-refractivity contribution is 9.10. The lowest BCUT2D eigenvalue weighted by Crippen LogP contribution is -2.18. The first-order valence-corrected chi connectivity index (χ1v) is 7.77. The number of carbonyl (C=O) groups is 1. The normalized spacial score (nSPS) is 11.8. The molecule has 2 aromatic carbocycles. The van der Waals surface area contributed by atoms with Gasteiger partial charge in [0.25, 0.3) is 5.91 Å². The Kier molecular flexibility index (Phi) is 5.39. The van der Waals surface area contributed by atoms with Gasteiger partial charge in [-0.2, -0.15) is 0 Å². The summed E-state index contributed by atoms with van der Waals surface area (Å²) in [5.74, 6) is -0.0749. The average molecular weight is 347 g/mol. The Morgan fingerprint density at radius 1 is 1.19 bits per heavy atom. The first-order valence-electron chi connectivity index (χ1n) is 6.98. The molecule has 2 rings (SSSR count). The van der Waals surface area contributed by atoms with Gasteiger partial charge in [-0.25, -0.2) is 0 Å². The smallest absolute Gasteiger partial charge is 0.251 e. The fourth-order valence-electron chi connectivity index (χ4n) is 2.24. The van der Waals surface area contributed by atoms with E-state index in [1.54, 1.807) is 7.05 Å². The molecule has 1 unspecified atom stereocenters. The van der Waals surface area contributed by atoms with Crippen molar-refractivity contribution in [1.82, 2.24) is 5.32 Å². The van der Waals surface area contributed by atoms with Gasteiger partial charge in [0.2, 0.25) is 0 Å². The number of benzene rings is 2. The highest BCUT2D eigenvalue weighted by Gasteiger charge is 2.10. The number of anilines is 1. The highest BCUT2D eigenvalue weighted by Crippen LogP contribution is 2.25. The average Bonchev–Trinajstić information content (AvgIpc) is 2.52. The summed E-state index contributed by atoms with van der Waals surface area (Å²) in [6.45, 7) is 2.14. The Morgan fingerprint density at radius 2 is 1.95 bits per heavy atom. The first-order chi connectivity index (χ1) is 10.1. The van der Waals surface area contributed by atoms with E-state index in [4.69, 9.17) is 0 Å². The van der Waals surface area contributed by atoms with Gasteiger partial charge in [-0.1, -0.05) is 41.1 Å². The first kappa shape index (κ1) is 15.6. The molecular formula is C17H19BrN2O. The fraction of sp³-hybridized carbons (Fsp3) is 0.235. The van der Waals surface area contributed by atoms with Crippen LogP contribution in [-0.2, 0) is 0 Å². The van der Waals surface area contributed by atoms with E-state index in [1.165, 1.54) is 5.56 Å². The van der Waals surface area contributed by atoms with Crippen molar-refractivity contribution < 1.29 is 4.79 Å². The quantitative estimate of drug-likeness (QED) is 0.843. The lowest BCUT2D eigenvalue weighted by molar-refractivity contribution is 0.0963. The zero-order chi connectivity index (χ0) is 15.2. The maximum absolute atomic E-state index is 11.7. The number of halogens is 1. The molecule has 0 spiro atoms. The van der Waals surface area contributed by atoms with Gasteiger partial charge in [-0.05, 0) is 42.3 Å². The number of amides is 1. The van der Waals surface area contributed by atoms with Gasteiger partial charge >= 0.3 is 0 Å². The second-order valence-electron chi connectivity index (χ2n) is 4.82. The maximum Gasteiger partial charge on any atom is 0.251 e. The summed E-state index contributed by atoms with van der Waals surface area (Å²) in [6.07, 6.45) is 0.959. The third-order valence-electron chi connectivity index (χ3n) is 3.35. The number of carbonyl (C=O) groups excluding carboxylic acids is 1. The van der Waals surface area contributed by atoms with Gasteiger partial charge in [0, 0.05) is 22.8 Å². The minimum Gasteiger partial charge on any atom is -0.378 e. The third kappa shape index (κ3) is 4.08. The predicted octanol–water partition coefficient (Wildman–Crippen LogP) is 4.37. The third-order valence-corrected chi connectivity index (χ3v) is 3.85. The second-order valence-corrected chi connectivity index (χ2v) is 5.74. The minimum atomic E-state index is -0.0749. The molecule has 0 aliphatic carbocycles. The highest BCUT2D eigenvalue weighted by atomic mass is 79.9. The summed E-state index contributed by atoms with van der Waals surface area (Å²) in [4.78, 5) is 11.7. The summed E-state index contributed by atoms with van der Waals surface area (Å²) in [5, 5.41) is 6.13. The van der Waals surface area contributed by atoms with Crippen molar-refractivity contribution in [3.05, 3.63) is 64.1 Å². The van der Waals surface area contributed by atoms with E-state index in [9.17, 15) is 4.79 Å². The molecule has 0 saturated heterocycles. The van der Waals surface area contributed by atoms with Crippen LogP contribution in [-0.4, -0.2) is 13.0 Å². The van der Waals surface area contributed by atoms with Crippen LogP contribution in [0.25, 0.3) is 0 Å². The molecule has 0 bridgehead atoms. The van der Waals surface area contributed by atoms with Gasteiger partial charge in [0.05, 0.1) is 6.04 Å². The molecule has 0 aromatic heterocycles. The van der Waals surface area contributed by atoms with Crippen LogP contribution in [0.2, 0.25) is 0 Å². The molecule has 0 fully saturated rings. The summed E-state index contributed by atoms with van der Waals surface area (Å²) < 4.78 is 1.07. The van der Waals surface area contributed by atoms with Gasteiger partial charge in [0.15, 0.2) is 0 Å². The van der Waals surface area contributed by atoms with E-state index < -0.39 is 0 Å². The summed E-state index contributed by atoms with van der Waals surface area (Å²) >= 11 is 3.50. The Labute approximate surface area is 133 Å². The molecule has 1 atom stereocenters. The number of hydrogen-bond acceptors (Lipinski definition) is 2. The molecule has 2 N–H and O–H groups in total. The van der Waals surface area contributed by atoms with Gasteiger partial charge in [0.1, 0.15) is 0 Å². The van der Waals surface area contributed by atoms with Crippen molar-refractivity contribution in [3.63, 3.8) is 0 Å². The molecule has 4 heteroatoms. The van der Waals surface area contributed by atoms with E-state index in [-0.39, 0.29) is 11.9 Å². The van der Waals surface area contributed by atoms with Crippen molar-refractivity contribution in [3.8, 4) is 0 Å². The number of hydrogen-bond donors (Lipinski definition) is 2. The van der Waals surface area contributed by atoms with Crippen molar-refractivity contribution in [2.75, 3.05) is 12.4 Å². The minimum absolute atomic E-state index is 0.0749. The fourth-order valence-corrected chi connectivity index (χ4v) is 2.66. The standard InChI is InChI=1S/C17H19BrN2O/c1-3-16(12-6-4-8-14(18)10-12)20-15-9-5-7-13(11-15)17(21)19-2/h4-11,16,20H,3H2,1-2H3,(H,19,21). The monoisotopic (exact) mass is 346 g/mol. The Bertz CT molecular complexity index is 628.